The lowest BCUT2D eigenvalue weighted by molar-refractivity contribution is 0.122. The van der Waals surface area contributed by atoms with Crippen molar-refractivity contribution in [2.75, 3.05) is 38.3 Å². The Bertz CT molecular complexity index is 646. The van der Waals surface area contributed by atoms with Gasteiger partial charge < -0.3 is 15.0 Å². The van der Waals surface area contributed by atoms with Crippen LogP contribution in [0.25, 0.3) is 0 Å². The minimum atomic E-state index is 0.0732. The van der Waals surface area contributed by atoms with Crippen LogP contribution in [0.3, 0.4) is 0 Å². The Morgan fingerprint density at radius 1 is 0.960 bits per heavy atom. The highest BCUT2D eigenvalue weighted by Crippen LogP contribution is 2.29. The van der Waals surface area contributed by atoms with Gasteiger partial charge in [-0.15, -0.1) is 0 Å². The molecule has 1 N–H and O–H groups in total. The number of ether oxygens (including phenoxy) is 1. The quantitative estimate of drug-likeness (QED) is 0.833. The van der Waals surface area contributed by atoms with Gasteiger partial charge in [0, 0.05) is 24.3 Å². The molecule has 3 heteroatoms. The predicted molar refractivity (Wildman–Crippen MR) is 105 cm³/mol. The lowest BCUT2D eigenvalue weighted by Gasteiger charge is -2.36. The molecule has 1 unspecified atom stereocenters. The molecule has 0 amide bonds. The summed E-state index contributed by atoms with van der Waals surface area (Å²) >= 11 is 0. The number of benzene rings is 2. The van der Waals surface area contributed by atoms with Crippen LogP contribution < -0.4 is 10.2 Å². The largest absolute Gasteiger partial charge is 0.378 e. The average Bonchev–Trinajstić information content (AvgIpc) is 2.69. The van der Waals surface area contributed by atoms with E-state index in [0.29, 0.717) is 0 Å². The Labute approximate surface area is 152 Å². The number of morpholine rings is 1. The van der Waals surface area contributed by atoms with Crippen LogP contribution in [0.1, 0.15) is 24.5 Å². The van der Waals surface area contributed by atoms with Gasteiger partial charge in [-0.1, -0.05) is 55.5 Å². The zero-order chi connectivity index (χ0) is 17.5. The van der Waals surface area contributed by atoms with E-state index < -0.39 is 0 Å². The fourth-order valence-corrected chi connectivity index (χ4v) is 3.79. The zero-order valence-electron chi connectivity index (χ0n) is 15.5. The highest BCUT2D eigenvalue weighted by Gasteiger charge is 2.28. The van der Waals surface area contributed by atoms with Gasteiger partial charge in [0.25, 0.3) is 0 Å². The van der Waals surface area contributed by atoms with E-state index in [2.05, 4.69) is 78.8 Å². The van der Waals surface area contributed by atoms with Crippen LogP contribution in [-0.2, 0) is 17.6 Å². The maximum Gasteiger partial charge on any atom is 0.0642 e. The summed E-state index contributed by atoms with van der Waals surface area (Å²) in [5.41, 5.74) is 4.26. The van der Waals surface area contributed by atoms with E-state index in [9.17, 15) is 0 Å². The van der Waals surface area contributed by atoms with Crippen molar-refractivity contribution in [3.63, 3.8) is 0 Å². The molecule has 1 heterocycles. The first-order valence-electron chi connectivity index (χ1n) is 9.40. The standard InChI is InChI=1S/C22H30N2O/c1-3-22(23-2,17-19-9-5-4-6-10-19)18-20-11-7-8-12-21(20)24-13-15-25-16-14-24/h4-12,23H,3,13-18H2,1-2H3. The van der Waals surface area contributed by atoms with Crippen molar-refractivity contribution in [3.05, 3.63) is 65.7 Å². The third kappa shape index (κ3) is 4.42. The second-order valence-corrected chi connectivity index (χ2v) is 6.95. The van der Waals surface area contributed by atoms with Crippen molar-refractivity contribution in [3.8, 4) is 0 Å². The van der Waals surface area contributed by atoms with Gasteiger partial charge in [0.1, 0.15) is 0 Å². The van der Waals surface area contributed by atoms with E-state index in [4.69, 9.17) is 4.74 Å². The Kier molecular flexibility index (Phi) is 6.11. The molecule has 1 aliphatic rings. The third-order valence-corrected chi connectivity index (χ3v) is 5.46. The molecule has 3 rings (SSSR count). The SMILES string of the molecule is CCC(Cc1ccccc1)(Cc1ccccc1N1CCOCC1)NC. The molecule has 1 atom stereocenters. The lowest BCUT2D eigenvalue weighted by atomic mass is 9.82. The Balaban J connectivity index is 1.85. The molecule has 25 heavy (non-hydrogen) atoms. The molecular weight excluding hydrogens is 308 g/mol. The summed E-state index contributed by atoms with van der Waals surface area (Å²) in [6.07, 6.45) is 3.16. The highest BCUT2D eigenvalue weighted by molar-refractivity contribution is 5.54. The maximum absolute atomic E-state index is 5.53. The summed E-state index contributed by atoms with van der Waals surface area (Å²) in [5, 5.41) is 3.65. The molecule has 1 saturated heterocycles. The van der Waals surface area contributed by atoms with Crippen LogP contribution in [0.5, 0.6) is 0 Å². The molecule has 1 fully saturated rings. The predicted octanol–water partition coefficient (Wildman–Crippen LogP) is 3.68. The first kappa shape index (κ1) is 18.0. The molecule has 1 aliphatic heterocycles. The van der Waals surface area contributed by atoms with Crippen LogP contribution in [0.15, 0.2) is 54.6 Å². The van der Waals surface area contributed by atoms with Crippen molar-refractivity contribution in [1.82, 2.24) is 5.32 Å². The third-order valence-electron chi connectivity index (χ3n) is 5.46. The summed E-state index contributed by atoms with van der Waals surface area (Å²) < 4.78 is 5.53. The van der Waals surface area contributed by atoms with Crippen molar-refractivity contribution < 1.29 is 4.74 Å². The van der Waals surface area contributed by atoms with Gasteiger partial charge in [-0.2, -0.15) is 0 Å². The van der Waals surface area contributed by atoms with Gasteiger partial charge in [-0.3, -0.25) is 0 Å². The number of nitrogens with one attached hydrogen (secondary N) is 1. The van der Waals surface area contributed by atoms with E-state index in [1.54, 1.807) is 0 Å². The topological polar surface area (TPSA) is 24.5 Å². The second-order valence-electron chi connectivity index (χ2n) is 6.95. The summed E-state index contributed by atoms with van der Waals surface area (Å²) in [6, 6.07) is 19.7. The summed E-state index contributed by atoms with van der Waals surface area (Å²) in [4.78, 5) is 2.47. The van der Waals surface area contributed by atoms with E-state index in [0.717, 1.165) is 45.6 Å². The van der Waals surface area contributed by atoms with Crippen LogP contribution in [-0.4, -0.2) is 38.9 Å². The Hall–Kier alpha value is -1.84. The molecule has 3 nitrogen and oxygen atoms in total. The van der Waals surface area contributed by atoms with Gasteiger partial charge in [-0.25, -0.2) is 0 Å². The van der Waals surface area contributed by atoms with Crippen LogP contribution in [0, 0.1) is 0 Å². The molecule has 2 aromatic carbocycles. The number of likely N-dealkylation sites (N-methyl/N-ethyl adjacent to an activating group) is 1. The molecule has 0 aromatic heterocycles. The first-order valence-corrected chi connectivity index (χ1v) is 9.40. The van der Waals surface area contributed by atoms with Crippen molar-refractivity contribution in [2.45, 2.75) is 31.7 Å². The molecule has 0 radical (unpaired) electrons. The van der Waals surface area contributed by atoms with Gasteiger partial charge in [0.15, 0.2) is 0 Å². The van der Waals surface area contributed by atoms with Crippen LogP contribution >= 0.6 is 0 Å². The Morgan fingerprint density at radius 3 is 2.32 bits per heavy atom. The fraction of sp³-hybridized carbons (Fsp3) is 0.455. The normalized spacial score (nSPS) is 17.3. The number of anilines is 1. The number of para-hydroxylation sites is 1. The maximum atomic E-state index is 5.53. The molecule has 0 bridgehead atoms. The zero-order valence-corrected chi connectivity index (χ0v) is 15.5. The minimum Gasteiger partial charge on any atom is -0.378 e. The van der Waals surface area contributed by atoms with Crippen LogP contribution in [0.4, 0.5) is 5.69 Å². The molecule has 2 aromatic rings. The molecular formula is C22H30N2O. The van der Waals surface area contributed by atoms with Gasteiger partial charge >= 0.3 is 0 Å². The van der Waals surface area contributed by atoms with Gasteiger partial charge in [-0.05, 0) is 43.5 Å². The summed E-state index contributed by atoms with van der Waals surface area (Å²) in [6.45, 7) is 5.89. The fourth-order valence-electron chi connectivity index (χ4n) is 3.79. The molecule has 0 aliphatic carbocycles. The molecule has 134 valence electrons. The highest BCUT2D eigenvalue weighted by atomic mass is 16.5. The van der Waals surface area contributed by atoms with Crippen molar-refractivity contribution in [1.29, 1.82) is 0 Å². The summed E-state index contributed by atoms with van der Waals surface area (Å²) in [5.74, 6) is 0. The molecule has 0 spiro atoms. The number of nitrogens with zero attached hydrogens (tertiary/aromatic N) is 1. The van der Waals surface area contributed by atoms with E-state index in [1.807, 2.05) is 0 Å². The van der Waals surface area contributed by atoms with Gasteiger partial charge in [0.2, 0.25) is 0 Å². The molecule has 0 saturated carbocycles. The summed E-state index contributed by atoms with van der Waals surface area (Å²) in [7, 11) is 2.10. The number of hydrogen-bond acceptors (Lipinski definition) is 3. The van der Waals surface area contributed by atoms with Crippen LogP contribution in [0.2, 0.25) is 0 Å². The van der Waals surface area contributed by atoms with E-state index in [1.165, 1.54) is 16.8 Å². The van der Waals surface area contributed by atoms with E-state index in [-0.39, 0.29) is 5.54 Å². The smallest absolute Gasteiger partial charge is 0.0642 e. The number of rotatable bonds is 7. The number of hydrogen-bond donors (Lipinski definition) is 1. The monoisotopic (exact) mass is 338 g/mol. The second kappa shape index (κ2) is 8.50. The first-order chi connectivity index (χ1) is 12.3. The average molecular weight is 338 g/mol. The van der Waals surface area contributed by atoms with Gasteiger partial charge in [0.05, 0.1) is 13.2 Å². The Morgan fingerprint density at radius 2 is 1.64 bits per heavy atom. The lowest BCUT2D eigenvalue weighted by Crippen LogP contribution is -2.47. The van der Waals surface area contributed by atoms with Crippen molar-refractivity contribution >= 4 is 5.69 Å². The van der Waals surface area contributed by atoms with E-state index >= 15 is 0 Å². The minimum absolute atomic E-state index is 0.0732. The van der Waals surface area contributed by atoms with Crippen molar-refractivity contribution in [2.24, 2.45) is 0 Å².